The molecule has 5 nitrogen and oxygen atoms in total. The van der Waals surface area contributed by atoms with Crippen LogP contribution in [0.15, 0.2) is 34.6 Å². The molecule has 0 fully saturated rings. The van der Waals surface area contributed by atoms with Crippen molar-refractivity contribution in [2.45, 2.75) is 39.3 Å². The summed E-state index contributed by atoms with van der Waals surface area (Å²) < 4.78 is 28.8. The molecule has 0 saturated heterocycles. The van der Waals surface area contributed by atoms with Crippen LogP contribution >= 0.6 is 35.3 Å². The molecule has 0 bridgehead atoms. The summed E-state index contributed by atoms with van der Waals surface area (Å²) in [5.41, 5.74) is 2.06. The molecule has 28 heavy (non-hydrogen) atoms. The Labute approximate surface area is 186 Å². The zero-order valence-electron chi connectivity index (χ0n) is 16.5. The summed E-state index contributed by atoms with van der Waals surface area (Å²) in [6, 6.07) is 6.62. The van der Waals surface area contributed by atoms with E-state index in [-0.39, 0.29) is 29.7 Å². The van der Waals surface area contributed by atoms with Gasteiger partial charge in [0, 0.05) is 44.9 Å². The Morgan fingerprint density at radius 2 is 1.96 bits per heavy atom. The Balaban J connectivity index is 0.00000392. The fourth-order valence-corrected chi connectivity index (χ4v) is 3.38. The number of ether oxygens (including phenoxy) is 1. The van der Waals surface area contributed by atoms with E-state index in [2.05, 4.69) is 39.3 Å². The first-order valence-corrected chi connectivity index (χ1v) is 9.66. The average molecular weight is 524 g/mol. The Morgan fingerprint density at radius 3 is 2.50 bits per heavy atom. The molecule has 0 spiro atoms. The van der Waals surface area contributed by atoms with Gasteiger partial charge in [-0.2, -0.15) is 8.78 Å². The molecule has 1 N–H and O–H groups in total. The maximum Gasteiger partial charge on any atom is 0.387 e. The van der Waals surface area contributed by atoms with Crippen LogP contribution in [0, 0.1) is 0 Å². The van der Waals surface area contributed by atoms with Crippen molar-refractivity contribution in [3.8, 4) is 5.75 Å². The second-order valence-electron chi connectivity index (χ2n) is 6.43. The predicted molar refractivity (Wildman–Crippen MR) is 121 cm³/mol. The van der Waals surface area contributed by atoms with Gasteiger partial charge in [-0.05, 0) is 17.7 Å². The molecule has 0 aliphatic heterocycles. The van der Waals surface area contributed by atoms with Gasteiger partial charge in [0.1, 0.15) is 5.75 Å². The zero-order chi connectivity index (χ0) is 19.8. The third kappa shape index (κ3) is 7.86. The summed E-state index contributed by atoms with van der Waals surface area (Å²) in [6.45, 7) is 2.81. The maximum absolute atomic E-state index is 12.2. The van der Waals surface area contributed by atoms with Crippen molar-refractivity contribution in [1.82, 2.24) is 15.2 Å². The third-order valence-corrected chi connectivity index (χ3v) is 5.06. The molecule has 2 rings (SSSR count). The lowest BCUT2D eigenvalue weighted by Crippen LogP contribution is -2.39. The molecule has 1 aromatic carbocycles. The molecule has 0 radical (unpaired) electrons. The first-order chi connectivity index (χ1) is 12.9. The van der Waals surface area contributed by atoms with Crippen LogP contribution in [0.2, 0.25) is 0 Å². The van der Waals surface area contributed by atoms with Crippen LogP contribution in [-0.4, -0.2) is 43.1 Å². The van der Waals surface area contributed by atoms with E-state index in [9.17, 15) is 8.78 Å². The number of nitrogens with one attached hydrogen (secondary N) is 1. The number of nitrogens with zero attached hydrogens (tertiary/aromatic N) is 3. The molecule has 0 saturated carbocycles. The molecule has 156 valence electrons. The summed E-state index contributed by atoms with van der Waals surface area (Å²) in [5, 5.41) is 6.59. The van der Waals surface area contributed by atoms with Crippen molar-refractivity contribution < 1.29 is 13.5 Å². The fourth-order valence-electron chi connectivity index (χ4n) is 2.51. The molecular weight excluding hydrogens is 497 g/mol. The van der Waals surface area contributed by atoms with E-state index in [1.165, 1.54) is 0 Å². The zero-order valence-corrected chi connectivity index (χ0v) is 19.6. The van der Waals surface area contributed by atoms with E-state index in [0.29, 0.717) is 12.5 Å². The number of aromatic nitrogens is 1. The van der Waals surface area contributed by atoms with Crippen LogP contribution in [0.25, 0.3) is 0 Å². The van der Waals surface area contributed by atoms with Crippen LogP contribution in [-0.2, 0) is 13.0 Å². The molecule has 9 heteroatoms. The average Bonchev–Trinajstić information content (AvgIpc) is 3.09. The predicted octanol–water partition coefficient (Wildman–Crippen LogP) is 4.74. The number of halogens is 3. The van der Waals surface area contributed by atoms with Crippen LogP contribution in [0.1, 0.15) is 36.0 Å². The second-order valence-corrected chi connectivity index (χ2v) is 7.32. The lowest BCUT2D eigenvalue weighted by Gasteiger charge is -2.22. The number of guanidine groups is 1. The molecule has 2 aromatic rings. The van der Waals surface area contributed by atoms with Gasteiger partial charge >= 0.3 is 6.61 Å². The van der Waals surface area contributed by atoms with E-state index in [0.717, 1.165) is 35.2 Å². The van der Waals surface area contributed by atoms with Gasteiger partial charge in [-0.3, -0.25) is 4.99 Å². The molecule has 0 aliphatic rings. The van der Waals surface area contributed by atoms with Gasteiger partial charge in [0.2, 0.25) is 0 Å². The van der Waals surface area contributed by atoms with Crippen molar-refractivity contribution in [2.24, 2.45) is 4.99 Å². The number of thiazole rings is 1. The number of hydrogen-bond acceptors (Lipinski definition) is 4. The van der Waals surface area contributed by atoms with E-state index < -0.39 is 6.61 Å². The second kappa shape index (κ2) is 12.2. The van der Waals surface area contributed by atoms with Crippen molar-refractivity contribution in [3.05, 3.63) is 45.9 Å². The maximum atomic E-state index is 12.2. The lowest BCUT2D eigenvalue weighted by molar-refractivity contribution is -0.0498. The Hall–Kier alpha value is -1.49. The molecule has 1 aromatic heterocycles. The molecule has 1 heterocycles. The topological polar surface area (TPSA) is 49.8 Å². The van der Waals surface area contributed by atoms with Gasteiger partial charge < -0.3 is 15.0 Å². The number of hydrogen-bond donors (Lipinski definition) is 1. The van der Waals surface area contributed by atoms with Crippen molar-refractivity contribution in [1.29, 1.82) is 0 Å². The minimum absolute atomic E-state index is 0. The monoisotopic (exact) mass is 524 g/mol. The summed E-state index contributed by atoms with van der Waals surface area (Å²) in [6.07, 6.45) is 0.829. The van der Waals surface area contributed by atoms with E-state index >= 15 is 0 Å². The first-order valence-electron chi connectivity index (χ1n) is 8.79. The third-order valence-electron chi connectivity index (χ3n) is 3.87. The van der Waals surface area contributed by atoms with Gasteiger partial charge in [-0.15, -0.1) is 35.3 Å². The summed E-state index contributed by atoms with van der Waals surface area (Å²) in [4.78, 5) is 10.9. The highest BCUT2D eigenvalue weighted by Crippen LogP contribution is 2.19. The van der Waals surface area contributed by atoms with E-state index in [1.54, 1.807) is 42.6 Å². The van der Waals surface area contributed by atoms with Gasteiger partial charge in [-0.25, -0.2) is 4.98 Å². The van der Waals surface area contributed by atoms with Gasteiger partial charge in [0.05, 0.1) is 10.7 Å². The van der Waals surface area contributed by atoms with Crippen molar-refractivity contribution in [3.63, 3.8) is 0 Å². The Bertz CT molecular complexity index is 738. The highest BCUT2D eigenvalue weighted by Gasteiger charge is 2.09. The van der Waals surface area contributed by atoms with Crippen molar-refractivity contribution in [2.75, 3.05) is 20.6 Å². The van der Waals surface area contributed by atoms with Crippen molar-refractivity contribution >= 4 is 41.3 Å². The fraction of sp³-hybridized carbons (Fsp3) is 0.474. The molecule has 0 amide bonds. The van der Waals surface area contributed by atoms with Crippen LogP contribution in [0.3, 0.4) is 0 Å². The smallest absolute Gasteiger partial charge is 0.387 e. The Morgan fingerprint density at radius 1 is 1.29 bits per heavy atom. The highest BCUT2D eigenvalue weighted by molar-refractivity contribution is 14.0. The number of benzene rings is 1. The van der Waals surface area contributed by atoms with E-state index in [1.807, 2.05) is 11.9 Å². The van der Waals surface area contributed by atoms with Gasteiger partial charge in [0.25, 0.3) is 0 Å². The SMILES string of the molecule is CN=C(NCCc1csc(C(C)C)n1)N(C)Cc1ccc(OC(F)F)cc1.I. The van der Waals surface area contributed by atoms with E-state index in [4.69, 9.17) is 0 Å². The largest absolute Gasteiger partial charge is 0.435 e. The standard InChI is InChI=1S/C19H26F2N4OS.HI/c1-13(2)17-24-15(12-27-17)9-10-23-19(22-3)25(4)11-14-5-7-16(8-6-14)26-18(20)21;/h5-8,12-13,18H,9-11H2,1-4H3,(H,22,23);1H. The molecular formula is C19H27F2IN4OS. The first kappa shape index (κ1) is 24.5. The summed E-state index contributed by atoms with van der Waals surface area (Å²) >= 11 is 1.70. The Kier molecular flexibility index (Phi) is 10.7. The minimum atomic E-state index is -2.81. The molecule has 0 aliphatic carbocycles. The number of aliphatic imine (C=N–C) groups is 1. The van der Waals surface area contributed by atoms with Crippen LogP contribution < -0.4 is 10.1 Å². The summed E-state index contributed by atoms with van der Waals surface area (Å²) in [7, 11) is 3.66. The van der Waals surface area contributed by atoms with Gasteiger partial charge in [0.15, 0.2) is 5.96 Å². The number of alkyl halides is 2. The highest BCUT2D eigenvalue weighted by atomic mass is 127. The molecule has 0 unspecified atom stereocenters. The quantitative estimate of drug-likeness (QED) is 0.308. The van der Waals surface area contributed by atoms with Crippen LogP contribution in [0.5, 0.6) is 5.75 Å². The summed E-state index contributed by atoms with van der Waals surface area (Å²) in [5.74, 6) is 1.37. The van der Waals surface area contributed by atoms with Gasteiger partial charge in [-0.1, -0.05) is 26.0 Å². The molecule has 0 atom stereocenters. The number of rotatable bonds is 8. The lowest BCUT2D eigenvalue weighted by atomic mass is 10.2. The minimum Gasteiger partial charge on any atom is -0.435 e. The van der Waals surface area contributed by atoms with Crippen LogP contribution in [0.4, 0.5) is 8.78 Å². The normalized spacial score (nSPS) is 11.5.